The Morgan fingerprint density at radius 2 is 2.00 bits per heavy atom. The highest BCUT2D eigenvalue weighted by molar-refractivity contribution is 9.10. The molecule has 0 fully saturated rings. The first-order chi connectivity index (χ1) is 6.65. The number of nitrogens with zero attached hydrogens (tertiary/aromatic N) is 1. The minimum Gasteiger partial charge on any atom is -0.375 e. The maximum absolute atomic E-state index is 5.16. The second kappa shape index (κ2) is 6.96. The van der Waals surface area contributed by atoms with E-state index in [1.807, 2.05) is 40.0 Å². The fourth-order valence-corrected chi connectivity index (χ4v) is 1.74. The molecule has 0 spiro atoms. The Kier molecular flexibility index (Phi) is 6.75. The molecule has 0 unspecified atom stereocenters. The van der Waals surface area contributed by atoms with E-state index >= 15 is 0 Å². The highest BCUT2D eigenvalue weighted by Crippen LogP contribution is 2.23. The van der Waals surface area contributed by atoms with Crippen molar-refractivity contribution in [3.63, 3.8) is 0 Å². The van der Waals surface area contributed by atoms with Gasteiger partial charge in [0.2, 0.25) is 0 Å². The van der Waals surface area contributed by atoms with Crippen LogP contribution in [0.4, 0.5) is 0 Å². The Morgan fingerprint density at radius 1 is 1.43 bits per heavy atom. The van der Waals surface area contributed by atoms with Gasteiger partial charge in [0, 0.05) is 17.8 Å². The van der Waals surface area contributed by atoms with Gasteiger partial charge in [-0.15, -0.1) is 0 Å². The first-order valence-corrected chi connectivity index (χ1v) is 5.59. The van der Waals surface area contributed by atoms with Gasteiger partial charge in [-0.2, -0.15) is 0 Å². The van der Waals surface area contributed by atoms with E-state index < -0.39 is 0 Å². The molecule has 2 nitrogen and oxygen atoms in total. The van der Waals surface area contributed by atoms with E-state index in [0.717, 1.165) is 15.7 Å². The van der Waals surface area contributed by atoms with E-state index in [4.69, 9.17) is 4.74 Å². The van der Waals surface area contributed by atoms with Gasteiger partial charge in [-0.25, -0.2) is 0 Å². The maximum atomic E-state index is 5.16. The predicted octanol–water partition coefficient (Wildman–Crippen LogP) is 3.89. The van der Waals surface area contributed by atoms with E-state index in [0.29, 0.717) is 0 Å². The normalized spacial score (nSPS) is 11.6. The van der Waals surface area contributed by atoms with E-state index in [1.54, 1.807) is 7.11 Å². The number of pyridine rings is 1. The molecule has 0 aliphatic rings. The van der Waals surface area contributed by atoms with Gasteiger partial charge >= 0.3 is 0 Å². The Balaban J connectivity index is 0.000000791. The third-order valence-electron chi connectivity index (χ3n) is 1.74. The second-order valence-corrected chi connectivity index (χ2v) is 3.61. The Morgan fingerprint density at radius 3 is 2.43 bits per heavy atom. The zero-order valence-electron chi connectivity index (χ0n) is 9.47. The number of ether oxygens (including phenoxy) is 1. The van der Waals surface area contributed by atoms with Gasteiger partial charge in [0.25, 0.3) is 0 Å². The van der Waals surface area contributed by atoms with Crippen molar-refractivity contribution in [3.8, 4) is 0 Å². The van der Waals surface area contributed by atoms with Gasteiger partial charge in [-0.05, 0) is 41.4 Å². The minimum atomic E-state index is 0.0416. The van der Waals surface area contributed by atoms with E-state index in [2.05, 4.69) is 20.9 Å². The van der Waals surface area contributed by atoms with Crippen LogP contribution in [0.3, 0.4) is 0 Å². The monoisotopic (exact) mass is 259 g/mol. The molecule has 0 saturated heterocycles. The molecule has 0 saturated carbocycles. The number of rotatable bonds is 2. The molecule has 1 atom stereocenters. The predicted molar refractivity (Wildman–Crippen MR) is 63.4 cm³/mol. The van der Waals surface area contributed by atoms with Crippen molar-refractivity contribution < 1.29 is 4.74 Å². The lowest BCUT2D eigenvalue weighted by Crippen LogP contribution is -2.00. The minimum absolute atomic E-state index is 0.0416. The lowest BCUT2D eigenvalue weighted by Gasteiger charge is -2.10. The molecule has 0 aliphatic heterocycles. The highest BCUT2D eigenvalue weighted by atomic mass is 79.9. The SMILES string of the molecule is CC.CO[C@@H](C)c1ncc(C)cc1Br. The molecule has 0 amide bonds. The number of hydrogen-bond acceptors (Lipinski definition) is 2. The molecule has 80 valence electrons. The fraction of sp³-hybridized carbons (Fsp3) is 0.545. The number of aromatic nitrogens is 1. The molecule has 0 aliphatic carbocycles. The molecule has 0 bridgehead atoms. The summed E-state index contributed by atoms with van der Waals surface area (Å²) in [5, 5.41) is 0. The van der Waals surface area contributed by atoms with Crippen LogP contribution in [0.1, 0.15) is 38.1 Å². The fourth-order valence-electron chi connectivity index (χ4n) is 0.955. The van der Waals surface area contributed by atoms with Crippen LogP contribution in [0.2, 0.25) is 0 Å². The van der Waals surface area contributed by atoms with Crippen molar-refractivity contribution >= 4 is 15.9 Å². The zero-order chi connectivity index (χ0) is 11.1. The molecule has 14 heavy (non-hydrogen) atoms. The average Bonchev–Trinajstić information content (AvgIpc) is 2.20. The molecule has 1 rings (SSSR count). The largest absolute Gasteiger partial charge is 0.375 e. The van der Waals surface area contributed by atoms with Gasteiger partial charge in [0.1, 0.15) is 0 Å². The molecule has 0 radical (unpaired) electrons. The summed E-state index contributed by atoms with van der Waals surface area (Å²) >= 11 is 3.45. The van der Waals surface area contributed by atoms with Crippen LogP contribution in [0.25, 0.3) is 0 Å². The zero-order valence-corrected chi connectivity index (χ0v) is 11.1. The van der Waals surface area contributed by atoms with Gasteiger partial charge in [-0.3, -0.25) is 4.98 Å². The first-order valence-electron chi connectivity index (χ1n) is 4.80. The molecule has 0 aromatic carbocycles. The number of methoxy groups -OCH3 is 1. The van der Waals surface area contributed by atoms with Crippen molar-refractivity contribution in [3.05, 3.63) is 28.0 Å². The summed E-state index contributed by atoms with van der Waals surface area (Å²) in [6, 6.07) is 2.04. The van der Waals surface area contributed by atoms with Gasteiger partial charge < -0.3 is 4.74 Å². The van der Waals surface area contributed by atoms with Crippen LogP contribution in [0, 0.1) is 6.92 Å². The molecule has 0 N–H and O–H groups in total. The van der Waals surface area contributed by atoms with Crippen LogP contribution >= 0.6 is 15.9 Å². The van der Waals surface area contributed by atoms with Crippen LogP contribution in [-0.4, -0.2) is 12.1 Å². The van der Waals surface area contributed by atoms with Crippen molar-refractivity contribution in [2.45, 2.75) is 33.8 Å². The van der Waals surface area contributed by atoms with E-state index in [9.17, 15) is 0 Å². The highest BCUT2D eigenvalue weighted by Gasteiger charge is 2.09. The first kappa shape index (κ1) is 13.6. The molecule has 3 heteroatoms. The lowest BCUT2D eigenvalue weighted by atomic mass is 10.2. The van der Waals surface area contributed by atoms with E-state index in [1.165, 1.54) is 0 Å². The standard InChI is InChI=1S/C9H12BrNO.C2H6/c1-6-4-8(10)9(11-5-6)7(2)12-3;1-2/h4-5,7H,1-3H3;1-2H3/t7-;/m0./s1. The smallest absolute Gasteiger partial charge is 0.0974 e. The van der Waals surface area contributed by atoms with Crippen molar-refractivity contribution in [2.24, 2.45) is 0 Å². The number of halogens is 1. The van der Waals surface area contributed by atoms with Crippen LogP contribution in [0.15, 0.2) is 16.7 Å². The molecular weight excluding hydrogens is 242 g/mol. The van der Waals surface area contributed by atoms with E-state index in [-0.39, 0.29) is 6.10 Å². The topological polar surface area (TPSA) is 22.1 Å². The Hall–Kier alpha value is -0.410. The third kappa shape index (κ3) is 3.76. The molecule has 1 heterocycles. The summed E-state index contributed by atoms with van der Waals surface area (Å²) in [7, 11) is 1.68. The summed E-state index contributed by atoms with van der Waals surface area (Å²) in [6.45, 7) is 7.99. The molecule has 1 aromatic heterocycles. The van der Waals surface area contributed by atoms with Crippen molar-refractivity contribution in [1.29, 1.82) is 0 Å². The Bertz CT molecular complexity index is 276. The van der Waals surface area contributed by atoms with Gasteiger partial charge in [0.15, 0.2) is 0 Å². The summed E-state index contributed by atoms with van der Waals surface area (Å²) in [6.07, 6.45) is 1.88. The number of hydrogen-bond donors (Lipinski definition) is 0. The number of aryl methyl sites for hydroxylation is 1. The summed E-state index contributed by atoms with van der Waals surface area (Å²) in [5.74, 6) is 0. The van der Waals surface area contributed by atoms with Crippen molar-refractivity contribution in [1.82, 2.24) is 4.98 Å². The van der Waals surface area contributed by atoms with Gasteiger partial charge in [-0.1, -0.05) is 13.8 Å². The van der Waals surface area contributed by atoms with Crippen LogP contribution in [-0.2, 0) is 4.74 Å². The third-order valence-corrected chi connectivity index (χ3v) is 2.38. The molecular formula is C11H18BrNO. The Labute approximate surface area is 94.8 Å². The summed E-state index contributed by atoms with van der Waals surface area (Å²) in [5.41, 5.74) is 2.09. The summed E-state index contributed by atoms with van der Waals surface area (Å²) < 4.78 is 6.18. The quantitative estimate of drug-likeness (QED) is 0.804. The van der Waals surface area contributed by atoms with Crippen LogP contribution < -0.4 is 0 Å². The van der Waals surface area contributed by atoms with Crippen molar-refractivity contribution in [2.75, 3.05) is 7.11 Å². The average molecular weight is 260 g/mol. The van der Waals surface area contributed by atoms with Crippen LogP contribution in [0.5, 0.6) is 0 Å². The summed E-state index contributed by atoms with van der Waals surface area (Å²) in [4.78, 5) is 4.28. The molecule has 1 aromatic rings. The lowest BCUT2D eigenvalue weighted by molar-refractivity contribution is 0.115. The second-order valence-electron chi connectivity index (χ2n) is 2.76. The maximum Gasteiger partial charge on any atom is 0.0974 e. The van der Waals surface area contributed by atoms with Gasteiger partial charge in [0.05, 0.1) is 11.8 Å².